The fraction of sp³-hybridized carbons (Fsp3) is 0.100. The van der Waals surface area contributed by atoms with Gasteiger partial charge in [-0.1, -0.05) is 6.07 Å². The van der Waals surface area contributed by atoms with E-state index >= 15 is 0 Å². The summed E-state index contributed by atoms with van der Waals surface area (Å²) in [5, 5.41) is 21.0. The van der Waals surface area contributed by atoms with Crippen molar-refractivity contribution in [3.05, 3.63) is 84.2 Å². The maximum atomic E-state index is 12.4. The lowest BCUT2D eigenvalue weighted by atomic mass is 10.2. The number of carbonyl (C=O) groups is 1. The summed E-state index contributed by atoms with van der Waals surface area (Å²) in [5.41, 5.74) is 2.95. The largest absolute Gasteiger partial charge is 0.378 e. The molecular weight excluding hydrogens is 368 g/mol. The van der Waals surface area contributed by atoms with Crippen LogP contribution in [0.25, 0.3) is 11.4 Å². The number of hydrogen-bond acceptors (Lipinski definition) is 7. The van der Waals surface area contributed by atoms with Gasteiger partial charge >= 0.3 is 0 Å². The Morgan fingerprint density at radius 1 is 1.00 bits per heavy atom. The molecule has 0 aliphatic carbocycles. The summed E-state index contributed by atoms with van der Waals surface area (Å²) >= 11 is 0. The first-order valence-electron chi connectivity index (χ1n) is 8.98. The van der Waals surface area contributed by atoms with E-state index in [0.29, 0.717) is 36.0 Å². The summed E-state index contributed by atoms with van der Waals surface area (Å²) in [6.07, 6.45) is 4.99. The number of rotatable bonds is 7. The molecule has 0 saturated carbocycles. The number of amides is 1. The molecule has 4 aromatic rings. The predicted molar refractivity (Wildman–Crippen MR) is 107 cm³/mol. The Labute approximate surface area is 166 Å². The van der Waals surface area contributed by atoms with Crippen LogP contribution in [0.4, 0.5) is 5.69 Å². The molecule has 0 atom stereocenters. The number of anilines is 1. The molecule has 0 bridgehead atoms. The van der Waals surface area contributed by atoms with Gasteiger partial charge in [0.2, 0.25) is 0 Å². The maximum absolute atomic E-state index is 12.4. The molecule has 3 N–H and O–H groups in total. The van der Waals surface area contributed by atoms with E-state index in [1.54, 1.807) is 36.8 Å². The minimum atomic E-state index is -0.182. The third kappa shape index (κ3) is 4.78. The van der Waals surface area contributed by atoms with Crippen molar-refractivity contribution in [3.8, 4) is 11.4 Å². The lowest BCUT2D eigenvalue weighted by Crippen LogP contribution is -2.23. The van der Waals surface area contributed by atoms with Gasteiger partial charge in [-0.2, -0.15) is 15.3 Å². The smallest absolute Gasteiger partial charge is 0.251 e. The van der Waals surface area contributed by atoms with Gasteiger partial charge in [0, 0.05) is 35.4 Å². The van der Waals surface area contributed by atoms with E-state index in [9.17, 15) is 4.79 Å². The van der Waals surface area contributed by atoms with Gasteiger partial charge in [-0.15, -0.1) is 0 Å². The Morgan fingerprint density at radius 2 is 1.90 bits per heavy atom. The molecule has 3 heterocycles. The predicted octanol–water partition coefficient (Wildman–Crippen LogP) is 2.20. The highest BCUT2D eigenvalue weighted by Gasteiger charge is 2.08. The highest BCUT2D eigenvalue weighted by molar-refractivity contribution is 5.95. The van der Waals surface area contributed by atoms with Crippen LogP contribution in [0.3, 0.4) is 0 Å². The summed E-state index contributed by atoms with van der Waals surface area (Å²) in [5.74, 6) is 1.12. The van der Waals surface area contributed by atoms with Gasteiger partial charge in [-0.3, -0.25) is 14.9 Å². The van der Waals surface area contributed by atoms with Crippen molar-refractivity contribution in [2.75, 3.05) is 5.32 Å². The molecule has 0 spiro atoms. The van der Waals surface area contributed by atoms with E-state index in [1.807, 2.05) is 30.3 Å². The van der Waals surface area contributed by atoms with Gasteiger partial charge < -0.3 is 10.6 Å². The van der Waals surface area contributed by atoms with E-state index in [0.717, 1.165) is 11.3 Å². The van der Waals surface area contributed by atoms with Crippen LogP contribution in [0.15, 0.2) is 67.1 Å². The van der Waals surface area contributed by atoms with Gasteiger partial charge in [0.05, 0.1) is 18.8 Å². The number of benzene rings is 1. The first-order valence-corrected chi connectivity index (χ1v) is 8.98. The number of H-pyrrole nitrogens is 1. The zero-order valence-corrected chi connectivity index (χ0v) is 15.4. The Morgan fingerprint density at radius 3 is 2.72 bits per heavy atom. The molecule has 0 unspecified atom stereocenters. The first-order chi connectivity index (χ1) is 14.3. The Balaban J connectivity index is 1.35. The van der Waals surface area contributed by atoms with Crippen LogP contribution in [-0.4, -0.2) is 36.3 Å². The van der Waals surface area contributed by atoms with E-state index in [4.69, 9.17) is 0 Å². The summed E-state index contributed by atoms with van der Waals surface area (Å²) in [6, 6.07) is 14.5. The van der Waals surface area contributed by atoms with Crippen LogP contribution in [0.5, 0.6) is 0 Å². The van der Waals surface area contributed by atoms with Crippen LogP contribution in [0, 0.1) is 0 Å². The summed E-state index contributed by atoms with van der Waals surface area (Å²) in [6.45, 7) is 0.767. The van der Waals surface area contributed by atoms with Crippen LogP contribution in [0.1, 0.15) is 21.9 Å². The molecule has 9 nitrogen and oxygen atoms in total. The van der Waals surface area contributed by atoms with Crippen molar-refractivity contribution >= 4 is 11.6 Å². The van der Waals surface area contributed by atoms with Gasteiger partial charge in [0.25, 0.3) is 5.91 Å². The van der Waals surface area contributed by atoms with Crippen molar-refractivity contribution in [2.45, 2.75) is 13.1 Å². The monoisotopic (exact) mass is 386 g/mol. The quantitative estimate of drug-likeness (QED) is 0.445. The van der Waals surface area contributed by atoms with E-state index in [-0.39, 0.29) is 5.91 Å². The molecule has 0 radical (unpaired) electrons. The third-order valence-electron chi connectivity index (χ3n) is 4.11. The lowest BCUT2D eigenvalue weighted by molar-refractivity contribution is 0.0950. The number of nitrogens with one attached hydrogen (secondary N) is 3. The normalized spacial score (nSPS) is 10.5. The minimum absolute atomic E-state index is 0.182. The Hall–Kier alpha value is -4.14. The van der Waals surface area contributed by atoms with Crippen molar-refractivity contribution in [1.82, 2.24) is 35.7 Å². The van der Waals surface area contributed by atoms with E-state index in [1.165, 1.54) is 0 Å². The van der Waals surface area contributed by atoms with E-state index in [2.05, 4.69) is 41.0 Å². The molecule has 0 saturated heterocycles. The second-order valence-electron chi connectivity index (χ2n) is 6.17. The summed E-state index contributed by atoms with van der Waals surface area (Å²) in [4.78, 5) is 20.8. The molecule has 1 amide bonds. The number of carbonyl (C=O) groups excluding carboxylic acids is 1. The number of nitrogens with zero attached hydrogens (tertiary/aromatic N) is 5. The van der Waals surface area contributed by atoms with Crippen LogP contribution < -0.4 is 10.6 Å². The number of aromatic amines is 1. The van der Waals surface area contributed by atoms with Crippen molar-refractivity contribution in [3.63, 3.8) is 0 Å². The van der Waals surface area contributed by atoms with Gasteiger partial charge in [-0.05, 0) is 42.5 Å². The topological polar surface area (TPSA) is 121 Å². The molecule has 4 rings (SSSR count). The Bertz CT molecular complexity index is 1080. The summed E-state index contributed by atoms with van der Waals surface area (Å²) < 4.78 is 0. The average Bonchev–Trinajstić information content (AvgIpc) is 3.27. The SMILES string of the molecule is O=C(NCc1cccnn1)c1cccc(NCc2nc(-c3ccncc3)n[nH]2)c1. The number of pyridine rings is 1. The van der Waals surface area contributed by atoms with Crippen molar-refractivity contribution < 1.29 is 4.79 Å². The standard InChI is InChI=1S/C20H18N8O/c29-20(23-12-17-5-2-8-24-26-17)15-3-1-4-16(11-15)22-13-18-25-19(28-27-18)14-6-9-21-10-7-14/h1-11,22H,12-13H2,(H,23,29)(H,25,27,28). The van der Waals surface area contributed by atoms with Gasteiger partial charge in [-0.25, -0.2) is 4.98 Å². The zero-order chi connectivity index (χ0) is 19.9. The Kier molecular flexibility index (Phi) is 5.47. The number of hydrogen-bond donors (Lipinski definition) is 3. The average molecular weight is 386 g/mol. The second-order valence-corrected chi connectivity index (χ2v) is 6.17. The highest BCUT2D eigenvalue weighted by Crippen LogP contribution is 2.14. The van der Waals surface area contributed by atoms with Crippen LogP contribution in [-0.2, 0) is 13.1 Å². The van der Waals surface area contributed by atoms with E-state index < -0.39 is 0 Å². The molecule has 0 aliphatic heterocycles. The molecule has 0 aliphatic rings. The van der Waals surface area contributed by atoms with Gasteiger partial charge in [0.1, 0.15) is 5.82 Å². The van der Waals surface area contributed by atoms with Crippen molar-refractivity contribution in [1.29, 1.82) is 0 Å². The number of aromatic nitrogens is 6. The first kappa shape index (κ1) is 18.2. The van der Waals surface area contributed by atoms with Crippen LogP contribution in [0.2, 0.25) is 0 Å². The van der Waals surface area contributed by atoms with Crippen molar-refractivity contribution in [2.24, 2.45) is 0 Å². The minimum Gasteiger partial charge on any atom is -0.378 e. The maximum Gasteiger partial charge on any atom is 0.251 e. The fourth-order valence-corrected chi connectivity index (χ4v) is 2.66. The molecule has 29 heavy (non-hydrogen) atoms. The summed E-state index contributed by atoms with van der Waals surface area (Å²) in [7, 11) is 0. The molecule has 144 valence electrons. The van der Waals surface area contributed by atoms with Gasteiger partial charge in [0.15, 0.2) is 5.82 Å². The molecule has 3 aromatic heterocycles. The highest BCUT2D eigenvalue weighted by atomic mass is 16.1. The third-order valence-corrected chi connectivity index (χ3v) is 4.11. The lowest BCUT2D eigenvalue weighted by Gasteiger charge is -2.08. The second kappa shape index (κ2) is 8.70. The molecule has 9 heteroatoms. The molecule has 1 aromatic carbocycles. The zero-order valence-electron chi connectivity index (χ0n) is 15.4. The molecular formula is C20H18N8O. The van der Waals surface area contributed by atoms with Crippen LogP contribution >= 0.6 is 0 Å². The molecule has 0 fully saturated rings. The fourth-order valence-electron chi connectivity index (χ4n) is 2.66.